The fraction of sp³-hybridized carbons (Fsp3) is 0. The van der Waals surface area contributed by atoms with Gasteiger partial charge in [-0.15, -0.1) is 0 Å². The maximum atomic E-state index is 11.9. The third kappa shape index (κ3) is 2.97. The largest absolute Gasteiger partial charge is 0.398 e. The maximum absolute atomic E-state index is 11.9. The van der Waals surface area contributed by atoms with E-state index in [0.29, 0.717) is 16.7 Å². The van der Waals surface area contributed by atoms with Gasteiger partial charge in [0.25, 0.3) is 10.1 Å². The molecule has 0 aliphatic carbocycles. The van der Waals surface area contributed by atoms with Crippen LogP contribution in [0.25, 0.3) is 22.3 Å². The van der Waals surface area contributed by atoms with E-state index in [9.17, 15) is 13.0 Å². The summed E-state index contributed by atoms with van der Waals surface area (Å²) >= 11 is 0. The summed E-state index contributed by atoms with van der Waals surface area (Å²) in [7, 11) is -4.47. The number of hydrogen-bond donors (Lipinski definition) is 2. The molecule has 3 N–H and O–H groups in total. The molecule has 0 saturated heterocycles. The van der Waals surface area contributed by atoms with Crippen LogP contribution in [0, 0.1) is 0 Å². The second-order valence-electron chi connectivity index (χ2n) is 5.11. The van der Waals surface area contributed by atoms with Crippen LogP contribution in [0.5, 0.6) is 0 Å². The van der Waals surface area contributed by atoms with Gasteiger partial charge in [0.2, 0.25) is 0 Å². The molecule has 0 unspecified atom stereocenters. The third-order valence-electron chi connectivity index (χ3n) is 3.59. The van der Waals surface area contributed by atoms with Crippen LogP contribution in [0.4, 0.5) is 5.69 Å². The molecular formula is C18H15NO3S. The Labute approximate surface area is 135 Å². The van der Waals surface area contributed by atoms with Gasteiger partial charge in [0.05, 0.1) is 5.69 Å². The zero-order chi connectivity index (χ0) is 16.4. The van der Waals surface area contributed by atoms with Crippen molar-refractivity contribution in [1.82, 2.24) is 0 Å². The Morgan fingerprint density at radius 2 is 1.26 bits per heavy atom. The van der Waals surface area contributed by atoms with E-state index >= 15 is 0 Å². The molecular weight excluding hydrogens is 310 g/mol. The van der Waals surface area contributed by atoms with Crippen LogP contribution in [0.1, 0.15) is 0 Å². The molecule has 3 aromatic carbocycles. The zero-order valence-corrected chi connectivity index (χ0v) is 13.0. The second-order valence-corrected chi connectivity index (χ2v) is 6.47. The quantitative estimate of drug-likeness (QED) is 0.566. The summed E-state index contributed by atoms with van der Waals surface area (Å²) in [5.41, 5.74) is 8.48. The summed E-state index contributed by atoms with van der Waals surface area (Å²) in [6, 6.07) is 21.7. The van der Waals surface area contributed by atoms with E-state index in [2.05, 4.69) is 0 Å². The molecule has 116 valence electrons. The van der Waals surface area contributed by atoms with Gasteiger partial charge < -0.3 is 5.73 Å². The summed E-state index contributed by atoms with van der Waals surface area (Å²) in [5, 5.41) is 0. The molecule has 0 radical (unpaired) electrons. The summed E-state index contributed by atoms with van der Waals surface area (Å²) in [6.07, 6.45) is 0. The molecule has 0 atom stereocenters. The number of hydrogen-bond acceptors (Lipinski definition) is 3. The van der Waals surface area contributed by atoms with Crippen molar-refractivity contribution in [2.45, 2.75) is 4.90 Å². The standard InChI is InChI=1S/C18H15NO3S/c19-16-12-11-15(13-7-3-1-4-8-13)17(18(16)23(20,21)22)14-9-5-2-6-10-14/h1-12H,19H2,(H,20,21,22). The topological polar surface area (TPSA) is 80.4 Å². The molecule has 0 spiro atoms. The first-order valence-corrected chi connectivity index (χ1v) is 8.43. The summed E-state index contributed by atoms with van der Waals surface area (Å²) < 4.78 is 33.5. The van der Waals surface area contributed by atoms with Gasteiger partial charge in [0, 0.05) is 5.56 Å². The first kappa shape index (κ1) is 15.3. The molecule has 0 aromatic heterocycles. The Morgan fingerprint density at radius 3 is 1.78 bits per heavy atom. The van der Waals surface area contributed by atoms with E-state index < -0.39 is 10.1 Å². The number of anilines is 1. The van der Waals surface area contributed by atoms with Crippen molar-refractivity contribution in [1.29, 1.82) is 0 Å². The maximum Gasteiger partial charge on any atom is 0.297 e. The molecule has 0 fully saturated rings. The van der Waals surface area contributed by atoms with E-state index in [1.807, 2.05) is 36.4 Å². The predicted molar refractivity (Wildman–Crippen MR) is 91.5 cm³/mol. The predicted octanol–water partition coefficient (Wildman–Crippen LogP) is 3.85. The fourth-order valence-corrected chi connectivity index (χ4v) is 3.48. The second kappa shape index (κ2) is 5.87. The van der Waals surface area contributed by atoms with Gasteiger partial charge >= 0.3 is 0 Å². The summed E-state index contributed by atoms with van der Waals surface area (Å²) in [5.74, 6) is 0. The van der Waals surface area contributed by atoms with Gasteiger partial charge in [0.1, 0.15) is 4.90 Å². The van der Waals surface area contributed by atoms with Gasteiger partial charge in [-0.05, 0) is 22.8 Å². The smallest absolute Gasteiger partial charge is 0.297 e. The first-order chi connectivity index (χ1) is 11.0. The molecule has 3 rings (SSSR count). The average Bonchev–Trinajstić information content (AvgIpc) is 2.55. The molecule has 0 aliphatic heterocycles. The number of nitrogens with two attached hydrogens (primary N) is 1. The Morgan fingerprint density at radius 1 is 0.739 bits per heavy atom. The van der Waals surface area contributed by atoms with Crippen molar-refractivity contribution in [3.63, 3.8) is 0 Å². The third-order valence-corrected chi connectivity index (χ3v) is 4.55. The van der Waals surface area contributed by atoms with Crippen LogP contribution in [-0.4, -0.2) is 13.0 Å². The van der Waals surface area contributed by atoms with Crippen LogP contribution < -0.4 is 5.73 Å². The fourth-order valence-electron chi connectivity index (χ4n) is 2.63. The molecule has 3 aromatic rings. The highest BCUT2D eigenvalue weighted by molar-refractivity contribution is 7.86. The van der Waals surface area contributed by atoms with Crippen molar-refractivity contribution >= 4 is 15.8 Å². The Balaban J connectivity index is 2.43. The number of nitrogen functional groups attached to an aromatic ring is 1. The van der Waals surface area contributed by atoms with E-state index in [0.717, 1.165) is 5.56 Å². The normalized spacial score (nSPS) is 11.3. The SMILES string of the molecule is Nc1ccc(-c2ccccc2)c(-c2ccccc2)c1S(=O)(=O)O. The molecule has 0 aliphatic rings. The summed E-state index contributed by atoms with van der Waals surface area (Å²) in [4.78, 5) is -0.259. The minimum absolute atomic E-state index is 0.0195. The Hall–Kier alpha value is -2.63. The molecule has 5 heteroatoms. The molecule has 0 saturated carbocycles. The molecule has 4 nitrogen and oxygen atoms in total. The minimum Gasteiger partial charge on any atom is -0.398 e. The Bertz CT molecular complexity index is 937. The van der Waals surface area contributed by atoms with E-state index in [1.54, 1.807) is 30.3 Å². The van der Waals surface area contributed by atoms with Gasteiger partial charge in [-0.3, -0.25) is 4.55 Å². The molecule has 23 heavy (non-hydrogen) atoms. The highest BCUT2D eigenvalue weighted by Gasteiger charge is 2.23. The summed E-state index contributed by atoms with van der Waals surface area (Å²) in [6.45, 7) is 0. The lowest BCUT2D eigenvalue weighted by atomic mass is 9.94. The monoisotopic (exact) mass is 325 g/mol. The highest BCUT2D eigenvalue weighted by Crippen LogP contribution is 2.39. The van der Waals surface area contributed by atoms with Crippen molar-refractivity contribution in [3.8, 4) is 22.3 Å². The Kier molecular flexibility index (Phi) is 3.90. The van der Waals surface area contributed by atoms with Crippen LogP contribution in [0.3, 0.4) is 0 Å². The van der Waals surface area contributed by atoms with Crippen LogP contribution in [-0.2, 0) is 10.1 Å². The number of rotatable bonds is 3. The van der Waals surface area contributed by atoms with E-state index in [-0.39, 0.29) is 10.6 Å². The lowest BCUT2D eigenvalue weighted by Crippen LogP contribution is -2.06. The zero-order valence-electron chi connectivity index (χ0n) is 12.2. The van der Waals surface area contributed by atoms with E-state index in [4.69, 9.17) is 5.73 Å². The van der Waals surface area contributed by atoms with E-state index in [1.165, 1.54) is 6.07 Å². The molecule has 0 amide bonds. The van der Waals surface area contributed by atoms with Crippen LogP contribution in [0.2, 0.25) is 0 Å². The first-order valence-electron chi connectivity index (χ1n) is 6.99. The van der Waals surface area contributed by atoms with Gasteiger partial charge in [0.15, 0.2) is 0 Å². The van der Waals surface area contributed by atoms with Gasteiger partial charge in [-0.1, -0.05) is 66.7 Å². The van der Waals surface area contributed by atoms with Crippen LogP contribution >= 0.6 is 0 Å². The van der Waals surface area contributed by atoms with Gasteiger partial charge in [-0.25, -0.2) is 0 Å². The number of benzene rings is 3. The van der Waals surface area contributed by atoms with Crippen LogP contribution in [0.15, 0.2) is 77.7 Å². The average molecular weight is 325 g/mol. The van der Waals surface area contributed by atoms with Crippen molar-refractivity contribution < 1.29 is 13.0 Å². The van der Waals surface area contributed by atoms with Crippen molar-refractivity contribution in [3.05, 3.63) is 72.8 Å². The highest BCUT2D eigenvalue weighted by atomic mass is 32.2. The minimum atomic E-state index is -4.47. The lowest BCUT2D eigenvalue weighted by molar-refractivity contribution is 0.484. The van der Waals surface area contributed by atoms with Crippen molar-refractivity contribution in [2.75, 3.05) is 5.73 Å². The van der Waals surface area contributed by atoms with Gasteiger partial charge in [-0.2, -0.15) is 8.42 Å². The molecule has 0 heterocycles. The lowest BCUT2D eigenvalue weighted by Gasteiger charge is -2.16. The molecule has 0 bridgehead atoms. The van der Waals surface area contributed by atoms with Crippen molar-refractivity contribution in [2.24, 2.45) is 0 Å².